The minimum atomic E-state index is -1.53. The van der Waals surface area contributed by atoms with E-state index in [4.69, 9.17) is 9.97 Å². The van der Waals surface area contributed by atoms with Crippen molar-refractivity contribution in [1.82, 2.24) is 19.9 Å². The van der Waals surface area contributed by atoms with E-state index in [1.807, 2.05) is 0 Å². The number of hydrogen-bond acceptors (Lipinski definition) is 2. The molecule has 8 bridgehead atoms. The first kappa shape index (κ1) is 52.4. The number of fused-ring (bicyclic) bond motifs is 8. The highest BCUT2D eigenvalue weighted by molar-refractivity contribution is 14.1. The molecule has 364 valence electrons. The molecule has 5 heterocycles. The van der Waals surface area contributed by atoms with Crippen molar-refractivity contribution in [3.63, 3.8) is 0 Å². The second-order valence-electron chi connectivity index (χ2n) is 21.0. The second-order valence-corrected chi connectivity index (χ2v) is 27.0. The van der Waals surface area contributed by atoms with Crippen LogP contribution in [0.15, 0.2) is 72.8 Å². The number of nitrogens with zero attached hydrogens (tertiary/aromatic N) is 2. The molecular formula is C63H81IN4Si. The third-order valence-corrected chi connectivity index (χ3v) is 15.8. The van der Waals surface area contributed by atoms with Crippen LogP contribution in [0.4, 0.5) is 0 Å². The van der Waals surface area contributed by atoms with Crippen LogP contribution < -0.4 is 0 Å². The van der Waals surface area contributed by atoms with E-state index in [0.717, 1.165) is 76.2 Å². The molecule has 2 N–H and O–H groups in total. The molecule has 0 unspecified atom stereocenters. The summed E-state index contributed by atoms with van der Waals surface area (Å²) in [6, 6.07) is 27.3. The van der Waals surface area contributed by atoms with E-state index < -0.39 is 8.07 Å². The van der Waals surface area contributed by atoms with Crippen LogP contribution in [0.2, 0.25) is 19.6 Å². The van der Waals surface area contributed by atoms with Gasteiger partial charge in [0.15, 0.2) is 0 Å². The SMILES string of the molecule is CCCCCCC(CCCCCC)c1c2nc(c(-c3ccc(C#C[Si](C)(C)C)cc3)c3nc(c(C(CCCCCC)CCCCCC)c4ccc([nH]4)c(-c4ccc(I)cc4)c4ccc1[nH]4)C=C3)C=C2. The zero-order valence-corrected chi connectivity index (χ0v) is 46.5. The van der Waals surface area contributed by atoms with Crippen LogP contribution in [0.25, 0.3) is 68.6 Å². The lowest BCUT2D eigenvalue weighted by Gasteiger charge is -2.19. The Morgan fingerprint density at radius 3 is 1.23 bits per heavy atom. The summed E-state index contributed by atoms with van der Waals surface area (Å²) in [6.07, 6.45) is 33.9. The number of H-pyrrole nitrogens is 2. The number of nitrogens with one attached hydrogen (secondary N) is 2. The molecule has 0 fully saturated rings. The molecule has 7 rings (SSSR count). The van der Waals surface area contributed by atoms with E-state index in [1.54, 1.807) is 0 Å². The number of hydrogen-bond donors (Lipinski definition) is 2. The van der Waals surface area contributed by atoms with E-state index in [2.05, 4.69) is 188 Å². The predicted molar refractivity (Wildman–Crippen MR) is 313 cm³/mol. The normalized spacial score (nSPS) is 12.4. The van der Waals surface area contributed by atoms with Gasteiger partial charge in [0.1, 0.15) is 8.07 Å². The van der Waals surface area contributed by atoms with Crippen LogP contribution >= 0.6 is 22.6 Å². The van der Waals surface area contributed by atoms with E-state index in [1.165, 1.54) is 140 Å². The van der Waals surface area contributed by atoms with Gasteiger partial charge in [0, 0.05) is 53.5 Å². The quantitative estimate of drug-likeness (QED) is 0.0274. The minimum Gasteiger partial charge on any atom is -0.355 e. The fourth-order valence-electron chi connectivity index (χ4n) is 10.4. The number of benzene rings is 2. The van der Waals surface area contributed by atoms with Gasteiger partial charge >= 0.3 is 0 Å². The van der Waals surface area contributed by atoms with Crippen LogP contribution in [0.3, 0.4) is 0 Å². The summed E-state index contributed by atoms with van der Waals surface area (Å²) in [6.45, 7) is 16.2. The molecule has 0 saturated heterocycles. The molecule has 0 atom stereocenters. The number of halogens is 1. The molecule has 4 nitrogen and oxygen atoms in total. The highest BCUT2D eigenvalue weighted by atomic mass is 127. The summed E-state index contributed by atoms with van der Waals surface area (Å²) in [5.74, 6) is 4.26. The average molecular weight is 1050 g/mol. The highest BCUT2D eigenvalue weighted by Gasteiger charge is 2.24. The number of aromatic nitrogens is 4. The van der Waals surface area contributed by atoms with Gasteiger partial charge in [-0.2, -0.15) is 0 Å². The predicted octanol–water partition coefficient (Wildman–Crippen LogP) is 19.9. The third kappa shape index (κ3) is 14.3. The Morgan fingerprint density at radius 1 is 0.449 bits per heavy atom. The van der Waals surface area contributed by atoms with Crippen molar-refractivity contribution in [1.29, 1.82) is 0 Å². The van der Waals surface area contributed by atoms with Gasteiger partial charge in [0.2, 0.25) is 0 Å². The first-order valence-corrected chi connectivity index (χ1v) is 31.7. The average Bonchev–Trinajstić information content (AvgIpc) is 4.20. The second kappa shape index (κ2) is 26.1. The van der Waals surface area contributed by atoms with Crippen molar-refractivity contribution in [2.75, 3.05) is 0 Å². The molecule has 3 aromatic heterocycles. The van der Waals surface area contributed by atoms with Gasteiger partial charge in [-0.15, -0.1) is 5.54 Å². The van der Waals surface area contributed by atoms with Gasteiger partial charge in [-0.3, -0.25) is 0 Å². The number of unbranched alkanes of at least 4 members (excludes halogenated alkanes) is 12. The van der Waals surface area contributed by atoms with Crippen LogP contribution in [0.1, 0.15) is 207 Å². The van der Waals surface area contributed by atoms with Gasteiger partial charge < -0.3 is 9.97 Å². The molecule has 0 aliphatic carbocycles. The first-order valence-electron chi connectivity index (χ1n) is 27.2. The molecule has 5 aromatic rings. The summed E-state index contributed by atoms with van der Waals surface area (Å²) in [5, 5.41) is 0. The third-order valence-electron chi connectivity index (χ3n) is 14.2. The van der Waals surface area contributed by atoms with Crippen molar-refractivity contribution in [2.24, 2.45) is 0 Å². The Labute approximate surface area is 431 Å². The Morgan fingerprint density at radius 2 is 0.826 bits per heavy atom. The molecular weight excluding hydrogens is 968 g/mol. The van der Waals surface area contributed by atoms with Crippen molar-refractivity contribution < 1.29 is 0 Å². The van der Waals surface area contributed by atoms with Crippen LogP contribution in [-0.2, 0) is 0 Å². The molecule has 6 heteroatoms. The lowest BCUT2D eigenvalue weighted by Crippen LogP contribution is -2.16. The molecule has 0 radical (unpaired) electrons. The van der Waals surface area contributed by atoms with Crippen molar-refractivity contribution >= 4 is 77.0 Å². The monoisotopic (exact) mass is 1050 g/mol. The van der Waals surface area contributed by atoms with Gasteiger partial charge in [0.05, 0.1) is 22.8 Å². The summed E-state index contributed by atoms with van der Waals surface area (Å²) < 4.78 is 1.23. The van der Waals surface area contributed by atoms with Gasteiger partial charge in [-0.05, 0) is 144 Å². The highest BCUT2D eigenvalue weighted by Crippen LogP contribution is 2.41. The molecule has 2 aliphatic heterocycles. The summed E-state index contributed by atoms with van der Waals surface area (Å²) in [5.41, 5.74) is 20.7. The van der Waals surface area contributed by atoms with Crippen LogP contribution in [0.5, 0.6) is 0 Å². The van der Waals surface area contributed by atoms with Gasteiger partial charge in [0.25, 0.3) is 0 Å². The van der Waals surface area contributed by atoms with E-state index in [-0.39, 0.29) is 0 Å². The zero-order valence-electron chi connectivity index (χ0n) is 43.3. The van der Waals surface area contributed by atoms with E-state index in [9.17, 15) is 0 Å². The van der Waals surface area contributed by atoms with Crippen LogP contribution in [0, 0.1) is 15.0 Å². The lowest BCUT2D eigenvalue weighted by atomic mass is 9.87. The number of aromatic amines is 2. The summed E-state index contributed by atoms with van der Waals surface area (Å²) in [4.78, 5) is 19.7. The standard InChI is InChI=1S/C63H81IN4Si/c1-8-12-16-20-24-47(25-21-17-13-9-2)60-52-36-40-56(65-52)62(49-30-28-46(29-31-49)44-45-69(5,6)7)57-41-37-53(66-57)61(48(26-22-18-14-10-3)27-23-19-15-11-4)55-39-43-59(68-55)63(58-42-38-54(60)67-58)50-32-34-51(64)35-33-50/h28-43,47-48,67-68H,8-27H2,1-7H3. The fraction of sp³-hybridized carbons (Fsp3) is 0.460. The molecule has 0 amide bonds. The maximum atomic E-state index is 5.74. The maximum absolute atomic E-state index is 5.74. The van der Waals surface area contributed by atoms with Crippen molar-refractivity contribution in [2.45, 2.75) is 188 Å². The van der Waals surface area contributed by atoms with Gasteiger partial charge in [-0.25, -0.2) is 9.97 Å². The minimum absolute atomic E-state index is 0.380. The Bertz CT molecular complexity index is 2580. The van der Waals surface area contributed by atoms with Crippen LogP contribution in [-0.4, -0.2) is 28.0 Å². The molecule has 2 aliphatic rings. The van der Waals surface area contributed by atoms with Crippen molar-refractivity contribution in [3.05, 3.63) is 116 Å². The zero-order chi connectivity index (χ0) is 48.6. The molecule has 0 spiro atoms. The summed E-state index contributed by atoms with van der Waals surface area (Å²) in [7, 11) is -1.53. The first-order chi connectivity index (χ1) is 33.6. The maximum Gasteiger partial charge on any atom is 0.129 e. The summed E-state index contributed by atoms with van der Waals surface area (Å²) >= 11 is 2.43. The van der Waals surface area contributed by atoms with E-state index >= 15 is 0 Å². The smallest absolute Gasteiger partial charge is 0.129 e. The fourth-order valence-corrected chi connectivity index (χ4v) is 11.3. The largest absolute Gasteiger partial charge is 0.355 e. The number of rotatable bonds is 24. The molecule has 2 aromatic carbocycles. The Hall–Kier alpha value is -4.45. The Balaban J connectivity index is 1.57. The van der Waals surface area contributed by atoms with E-state index in [0.29, 0.717) is 11.8 Å². The molecule has 0 saturated carbocycles. The molecule has 69 heavy (non-hydrogen) atoms. The lowest BCUT2D eigenvalue weighted by molar-refractivity contribution is 0.497. The van der Waals surface area contributed by atoms with Crippen molar-refractivity contribution in [3.8, 4) is 33.7 Å². The Kier molecular flexibility index (Phi) is 19.8. The van der Waals surface area contributed by atoms with Gasteiger partial charge in [-0.1, -0.05) is 180 Å². The topological polar surface area (TPSA) is 57.4 Å².